The van der Waals surface area contributed by atoms with Crippen molar-refractivity contribution in [1.82, 2.24) is 20.3 Å². The first-order valence-corrected chi connectivity index (χ1v) is 5.11. The number of hydrogen-bond acceptors (Lipinski definition) is 7. The largest absolute Gasteiger partial charge is 0.493 e. The van der Waals surface area contributed by atoms with Gasteiger partial charge in [0, 0.05) is 19.4 Å². The fourth-order valence-electron chi connectivity index (χ4n) is 1.34. The van der Waals surface area contributed by atoms with Crippen molar-refractivity contribution in [2.75, 3.05) is 7.05 Å². The van der Waals surface area contributed by atoms with Gasteiger partial charge in [0.2, 0.25) is 5.88 Å². The zero-order valence-electron chi connectivity index (χ0n) is 9.58. The van der Waals surface area contributed by atoms with Crippen LogP contribution in [0.4, 0.5) is 0 Å². The van der Waals surface area contributed by atoms with E-state index >= 15 is 0 Å². The molecule has 0 radical (unpaired) electrons. The maximum atomic E-state index is 9.72. The van der Waals surface area contributed by atoms with Crippen molar-refractivity contribution in [2.24, 2.45) is 0 Å². The number of nitrogens with zero attached hydrogens (tertiary/aromatic N) is 3. The van der Waals surface area contributed by atoms with Gasteiger partial charge >= 0.3 is 6.01 Å². The number of rotatable bonds is 4. The number of allylic oxidation sites excluding steroid dienone is 1. The van der Waals surface area contributed by atoms with Gasteiger partial charge in [-0.25, -0.2) is 0 Å². The monoisotopic (exact) mass is 245 g/mol. The lowest BCUT2D eigenvalue weighted by atomic mass is 10.3. The van der Waals surface area contributed by atoms with E-state index in [9.17, 15) is 5.11 Å². The zero-order chi connectivity index (χ0) is 13.0. The average Bonchev–Trinajstić information content (AvgIpc) is 2.38. The molecule has 0 fully saturated rings. The Morgan fingerprint density at radius 3 is 3.06 bits per heavy atom. The third kappa shape index (κ3) is 2.34. The van der Waals surface area contributed by atoms with Gasteiger partial charge < -0.3 is 20.6 Å². The Labute approximate surface area is 103 Å². The van der Waals surface area contributed by atoms with E-state index in [0.29, 0.717) is 10.9 Å². The van der Waals surface area contributed by atoms with Crippen LogP contribution in [0.5, 0.6) is 11.9 Å². The van der Waals surface area contributed by atoms with Crippen LogP contribution in [0.1, 0.15) is 0 Å². The van der Waals surface area contributed by atoms with Gasteiger partial charge in [-0.2, -0.15) is 9.97 Å². The first kappa shape index (κ1) is 11.8. The molecule has 3 N–H and O–H groups in total. The van der Waals surface area contributed by atoms with Gasteiger partial charge in [0.15, 0.2) is 5.76 Å². The summed E-state index contributed by atoms with van der Waals surface area (Å²) in [5.41, 5.74) is 0.466. The van der Waals surface area contributed by atoms with E-state index in [1.807, 2.05) is 0 Å². The molecule has 92 valence electrons. The first-order valence-electron chi connectivity index (χ1n) is 5.11. The van der Waals surface area contributed by atoms with Gasteiger partial charge in [0.1, 0.15) is 0 Å². The molecule has 0 aliphatic heterocycles. The molecule has 0 aromatic carbocycles. The van der Waals surface area contributed by atoms with E-state index in [0.717, 1.165) is 6.21 Å². The zero-order valence-corrected chi connectivity index (χ0v) is 9.58. The molecule has 0 saturated heterocycles. The first-order chi connectivity index (χ1) is 8.74. The van der Waals surface area contributed by atoms with Gasteiger partial charge in [0.25, 0.3) is 0 Å². The van der Waals surface area contributed by atoms with Gasteiger partial charge in [-0.15, -0.1) is 0 Å². The van der Waals surface area contributed by atoms with Crippen molar-refractivity contribution in [2.45, 2.75) is 0 Å². The normalized spacial score (nSPS) is 11.3. The van der Waals surface area contributed by atoms with Crippen molar-refractivity contribution >= 4 is 17.1 Å². The van der Waals surface area contributed by atoms with Crippen LogP contribution in [-0.4, -0.2) is 33.3 Å². The maximum absolute atomic E-state index is 9.72. The van der Waals surface area contributed by atoms with Crippen LogP contribution < -0.4 is 10.1 Å². The number of ether oxygens (including phenoxy) is 1. The van der Waals surface area contributed by atoms with E-state index in [4.69, 9.17) is 10.1 Å². The van der Waals surface area contributed by atoms with Crippen LogP contribution in [0, 0.1) is 5.41 Å². The molecule has 2 aromatic heterocycles. The molecule has 0 bridgehead atoms. The maximum Gasteiger partial charge on any atom is 0.326 e. The van der Waals surface area contributed by atoms with E-state index in [1.54, 1.807) is 13.1 Å². The van der Waals surface area contributed by atoms with E-state index in [1.165, 1.54) is 18.6 Å². The van der Waals surface area contributed by atoms with Crippen molar-refractivity contribution in [3.05, 3.63) is 30.4 Å². The molecule has 0 aliphatic rings. The minimum absolute atomic E-state index is 0.0435. The molecular weight excluding hydrogens is 234 g/mol. The molecule has 0 amide bonds. The Morgan fingerprint density at radius 1 is 1.50 bits per heavy atom. The van der Waals surface area contributed by atoms with Crippen LogP contribution in [-0.2, 0) is 0 Å². The fraction of sp³-hybridized carbons (Fsp3) is 0.0909. The number of hydrogen-bond donors (Lipinski definition) is 3. The summed E-state index contributed by atoms with van der Waals surface area (Å²) in [4.78, 5) is 11.8. The summed E-state index contributed by atoms with van der Waals surface area (Å²) in [5, 5.41) is 20.1. The summed E-state index contributed by atoms with van der Waals surface area (Å²) in [6.07, 6.45) is 5.51. The number of aromatic hydroxyl groups is 1. The highest BCUT2D eigenvalue weighted by Gasteiger charge is 2.08. The van der Waals surface area contributed by atoms with Gasteiger partial charge in [-0.3, -0.25) is 4.98 Å². The summed E-state index contributed by atoms with van der Waals surface area (Å²) in [6, 6.07) is 1.56. The second-order valence-corrected chi connectivity index (χ2v) is 3.30. The van der Waals surface area contributed by atoms with Crippen molar-refractivity contribution in [3.8, 4) is 11.9 Å². The molecule has 7 nitrogen and oxygen atoms in total. The minimum Gasteiger partial charge on any atom is -0.493 e. The van der Waals surface area contributed by atoms with Crippen LogP contribution in [0.2, 0.25) is 0 Å². The second-order valence-electron chi connectivity index (χ2n) is 3.30. The summed E-state index contributed by atoms with van der Waals surface area (Å²) in [6.45, 7) is 0. The predicted molar refractivity (Wildman–Crippen MR) is 65.6 cm³/mol. The Balaban J connectivity index is 2.40. The van der Waals surface area contributed by atoms with E-state index in [2.05, 4.69) is 20.3 Å². The predicted octanol–water partition coefficient (Wildman–Crippen LogP) is 0.820. The van der Waals surface area contributed by atoms with Crippen molar-refractivity contribution in [1.29, 1.82) is 5.41 Å². The number of nitrogens with one attached hydrogen (secondary N) is 2. The molecule has 0 atom stereocenters. The highest BCUT2D eigenvalue weighted by atomic mass is 16.5. The van der Waals surface area contributed by atoms with Crippen LogP contribution >= 0.6 is 0 Å². The Bertz CT molecular complexity index is 611. The number of pyridine rings is 1. The Morgan fingerprint density at radius 2 is 2.33 bits per heavy atom. The summed E-state index contributed by atoms with van der Waals surface area (Å²) in [5.74, 6) is 0.0336. The molecule has 0 spiro atoms. The fourth-order valence-corrected chi connectivity index (χ4v) is 1.34. The lowest BCUT2D eigenvalue weighted by Crippen LogP contribution is -2.05. The standard InChI is InChI=1S/C11H11N5O2/c1-13-5-7(4-12)18-11-15-9-6-14-3-2-8(9)10(17)16-11/h2-6,12-13H,1H3,(H,15,16,17)/b7-5+,12-4?. The smallest absolute Gasteiger partial charge is 0.326 e. The lowest BCUT2D eigenvalue weighted by Gasteiger charge is -2.05. The topological polar surface area (TPSA) is 104 Å². The summed E-state index contributed by atoms with van der Waals surface area (Å²) >= 11 is 0. The molecular formula is C11H11N5O2. The van der Waals surface area contributed by atoms with Gasteiger partial charge in [-0.1, -0.05) is 0 Å². The van der Waals surface area contributed by atoms with Crippen molar-refractivity contribution < 1.29 is 9.84 Å². The second kappa shape index (κ2) is 5.09. The molecule has 2 heterocycles. The molecule has 7 heteroatoms. The summed E-state index contributed by atoms with van der Waals surface area (Å²) < 4.78 is 5.24. The van der Waals surface area contributed by atoms with E-state index in [-0.39, 0.29) is 17.6 Å². The number of fused-ring (bicyclic) bond motifs is 1. The quantitative estimate of drug-likeness (QED) is 0.544. The SMILES string of the molecule is CN/C=C(\C=N)Oc1nc(O)c2ccncc2n1. The highest BCUT2D eigenvalue weighted by Crippen LogP contribution is 2.22. The molecule has 0 aliphatic carbocycles. The average molecular weight is 245 g/mol. The molecule has 2 aromatic rings. The van der Waals surface area contributed by atoms with Crippen LogP contribution in [0.3, 0.4) is 0 Å². The molecule has 2 rings (SSSR count). The van der Waals surface area contributed by atoms with Crippen LogP contribution in [0.25, 0.3) is 10.9 Å². The Kier molecular flexibility index (Phi) is 3.33. The highest BCUT2D eigenvalue weighted by molar-refractivity contribution is 5.82. The third-order valence-electron chi connectivity index (χ3n) is 2.10. The summed E-state index contributed by atoms with van der Waals surface area (Å²) in [7, 11) is 1.68. The van der Waals surface area contributed by atoms with Crippen LogP contribution in [0.15, 0.2) is 30.4 Å². The van der Waals surface area contributed by atoms with E-state index < -0.39 is 0 Å². The van der Waals surface area contributed by atoms with Crippen molar-refractivity contribution in [3.63, 3.8) is 0 Å². The third-order valence-corrected chi connectivity index (χ3v) is 2.10. The molecule has 0 unspecified atom stereocenters. The molecule has 18 heavy (non-hydrogen) atoms. The molecule has 0 saturated carbocycles. The minimum atomic E-state index is -0.189. The van der Waals surface area contributed by atoms with Gasteiger partial charge in [0.05, 0.1) is 23.3 Å². The lowest BCUT2D eigenvalue weighted by molar-refractivity contribution is 0.395. The Hall–Kier alpha value is -2.70. The number of aromatic nitrogens is 3. The van der Waals surface area contributed by atoms with Gasteiger partial charge in [-0.05, 0) is 6.07 Å².